The summed E-state index contributed by atoms with van der Waals surface area (Å²) in [7, 11) is -1.95. The predicted molar refractivity (Wildman–Crippen MR) is 104 cm³/mol. The molecule has 0 atom stereocenters. The van der Waals surface area contributed by atoms with Gasteiger partial charge in [0.15, 0.2) is 0 Å². The Labute approximate surface area is 166 Å². The average molecular weight is 416 g/mol. The van der Waals surface area contributed by atoms with E-state index < -0.39 is 10.2 Å². The Morgan fingerprint density at radius 2 is 1.63 bits per heavy atom. The molecule has 7 nitrogen and oxygen atoms in total. The quantitative estimate of drug-likeness (QED) is 0.756. The van der Waals surface area contributed by atoms with E-state index in [1.54, 1.807) is 27.4 Å². The zero-order valence-electron chi connectivity index (χ0n) is 15.6. The van der Waals surface area contributed by atoms with Crippen LogP contribution in [0.3, 0.4) is 0 Å². The lowest BCUT2D eigenvalue weighted by Crippen LogP contribution is -2.47. The summed E-state index contributed by atoms with van der Waals surface area (Å²) < 4.78 is 34.2. The maximum atomic E-state index is 13.0. The fourth-order valence-electron chi connectivity index (χ4n) is 3.60. The first-order valence-corrected chi connectivity index (χ1v) is 11.1. The van der Waals surface area contributed by atoms with Crippen molar-refractivity contribution < 1.29 is 17.9 Å². The summed E-state index contributed by atoms with van der Waals surface area (Å²) in [6.45, 7) is 2.74. The molecule has 2 aliphatic heterocycles. The zero-order valence-corrected chi connectivity index (χ0v) is 17.1. The molecule has 1 aromatic rings. The van der Waals surface area contributed by atoms with E-state index in [-0.39, 0.29) is 5.91 Å². The highest BCUT2D eigenvalue weighted by atomic mass is 35.5. The molecule has 3 rings (SSSR count). The summed E-state index contributed by atoms with van der Waals surface area (Å²) in [4.78, 5) is 14.6. The van der Waals surface area contributed by atoms with Gasteiger partial charge < -0.3 is 9.64 Å². The van der Waals surface area contributed by atoms with Gasteiger partial charge >= 0.3 is 0 Å². The van der Waals surface area contributed by atoms with E-state index in [2.05, 4.69) is 0 Å². The van der Waals surface area contributed by atoms with Gasteiger partial charge in [0.25, 0.3) is 16.1 Å². The van der Waals surface area contributed by atoms with Crippen LogP contribution < -0.4 is 4.74 Å². The van der Waals surface area contributed by atoms with Crippen molar-refractivity contribution in [3.05, 3.63) is 28.8 Å². The Morgan fingerprint density at radius 3 is 2.33 bits per heavy atom. The molecule has 0 spiro atoms. The van der Waals surface area contributed by atoms with Crippen LogP contribution in [-0.2, 0) is 10.2 Å². The minimum absolute atomic E-state index is 0.188. The van der Waals surface area contributed by atoms with Crippen LogP contribution in [0.2, 0.25) is 5.02 Å². The predicted octanol–water partition coefficient (Wildman–Crippen LogP) is 2.23. The molecule has 0 radical (unpaired) electrons. The number of amides is 1. The molecule has 1 amide bonds. The number of carbonyl (C=O) groups excluding carboxylic acids is 1. The van der Waals surface area contributed by atoms with Crippen molar-refractivity contribution in [2.75, 3.05) is 46.4 Å². The Hall–Kier alpha value is -1.35. The van der Waals surface area contributed by atoms with Crippen LogP contribution in [0, 0.1) is 0 Å². The van der Waals surface area contributed by atoms with Gasteiger partial charge in [-0.3, -0.25) is 4.79 Å². The second-order valence-corrected chi connectivity index (χ2v) is 9.22. The first kappa shape index (κ1) is 20.4. The van der Waals surface area contributed by atoms with Gasteiger partial charge in [-0.05, 0) is 37.5 Å². The standard InChI is InChI=1S/C18H26ClN3O4S/c1-26-17-7-6-15(19)14-16(17)18(23)20-8-5-11-22(13-12-20)27(24,25)21-9-3-2-4-10-21/h6-7,14H,2-5,8-13H2,1H3. The van der Waals surface area contributed by atoms with Crippen molar-refractivity contribution >= 4 is 27.7 Å². The summed E-state index contributed by atoms with van der Waals surface area (Å²) in [5.41, 5.74) is 0.400. The van der Waals surface area contributed by atoms with Gasteiger partial charge in [-0.1, -0.05) is 18.0 Å². The van der Waals surface area contributed by atoms with E-state index in [1.165, 1.54) is 11.4 Å². The van der Waals surface area contributed by atoms with Gasteiger partial charge in [0.05, 0.1) is 12.7 Å². The zero-order chi connectivity index (χ0) is 19.4. The summed E-state index contributed by atoms with van der Waals surface area (Å²) in [5.74, 6) is 0.276. The fraction of sp³-hybridized carbons (Fsp3) is 0.611. The molecular formula is C18H26ClN3O4S. The molecule has 0 unspecified atom stereocenters. The van der Waals surface area contributed by atoms with Crippen molar-refractivity contribution in [3.63, 3.8) is 0 Å². The summed E-state index contributed by atoms with van der Waals surface area (Å²) in [6, 6.07) is 4.93. The van der Waals surface area contributed by atoms with E-state index in [0.717, 1.165) is 19.3 Å². The number of piperidine rings is 1. The molecule has 150 valence electrons. The van der Waals surface area contributed by atoms with Crippen LogP contribution in [0.15, 0.2) is 18.2 Å². The van der Waals surface area contributed by atoms with Gasteiger partial charge in [-0.25, -0.2) is 0 Å². The molecular weight excluding hydrogens is 390 g/mol. The van der Waals surface area contributed by atoms with Crippen LogP contribution >= 0.6 is 11.6 Å². The Bertz CT molecular complexity index is 781. The first-order chi connectivity index (χ1) is 12.9. The lowest BCUT2D eigenvalue weighted by molar-refractivity contribution is 0.0760. The molecule has 0 aliphatic carbocycles. The van der Waals surface area contributed by atoms with Gasteiger partial charge in [0.1, 0.15) is 5.75 Å². The first-order valence-electron chi connectivity index (χ1n) is 9.31. The highest BCUT2D eigenvalue weighted by molar-refractivity contribution is 7.86. The summed E-state index contributed by atoms with van der Waals surface area (Å²) in [6.07, 6.45) is 3.50. The van der Waals surface area contributed by atoms with Crippen molar-refractivity contribution in [1.29, 1.82) is 0 Å². The molecule has 9 heteroatoms. The third-order valence-corrected chi connectivity index (χ3v) is 7.37. The molecule has 0 aromatic heterocycles. The van der Waals surface area contributed by atoms with Crippen LogP contribution in [0.25, 0.3) is 0 Å². The van der Waals surface area contributed by atoms with E-state index >= 15 is 0 Å². The maximum absolute atomic E-state index is 13.0. The van der Waals surface area contributed by atoms with Crippen LogP contribution in [0.1, 0.15) is 36.0 Å². The number of hydrogen-bond donors (Lipinski definition) is 0. The second kappa shape index (κ2) is 8.77. The highest BCUT2D eigenvalue weighted by Gasteiger charge is 2.33. The smallest absolute Gasteiger partial charge is 0.282 e. The normalized spacial score (nSPS) is 20.3. The van der Waals surface area contributed by atoms with E-state index in [9.17, 15) is 13.2 Å². The van der Waals surface area contributed by atoms with E-state index in [1.807, 2.05) is 0 Å². The summed E-state index contributed by atoms with van der Waals surface area (Å²) in [5, 5.41) is 0.461. The molecule has 27 heavy (non-hydrogen) atoms. The number of carbonyl (C=O) groups is 1. The summed E-state index contributed by atoms with van der Waals surface area (Å²) >= 11 is 6.04. The van der Waals surface area contributed by atoms with Crippen molar-refractivity contribution in [2.24, 2.45) is 0 Å². The number of halogens is 1. The minimum atomic E-state index is -3.46. The number of ether oxygens (including phenoxy) is 1. The number of hydrogen-bond acceptors (Lipinski definition) is 4. The average Bonchev–Trinajstić information content (AvgIpc) is 2.95. The number of methoxy groups -OCH3 is 1. The molecule has 2 saturated heterocycles. The Balaban J connectivity index is 1.71. The van der Waals surface area contributed by atoms with E-state index in [4.69, 9.17) is 16.3 Å². The number of nitrogens with zero attached hydrogens (tertiary/aromatic N) is 3. The van der Waals surface area contributed by atoms with Gasteiger partial charge in [0.2, 0.25) is 0 Å². The van der Waals surface area contributed by atoms with Crippen molar-refractivity contribution in [1.82, 2.24) is 13.5 Å². The minimum Gasteiger partial charge on any atom is -0.496 e. The SMILES string of the molecule is COc1ccc(Cl)cc1C(=O)N1CCCN(S(=O)(=O)N2CCCCC2)CC1. The topological polar surface area (TPSA) is 70.2 Å². The lowest BCUT2D eigenvalue weighted by Gasteiger charge is -2.31. The Kier molecular flexibility index (Phi) is 6.62. The van der Waals surface area contributed by atoms with Crippen molar-refractivity contribution in [3.8, 4) is 5.75 Å². The third kappa shape index (κ3) is 4.56. The van der Waals surface area contributed by atoms with Crippen LogP contribution in [-0.4, -0.2) is 74.2 Å². The number of benzene rings is 1. The molecule has 0 bridgehead atoms. The largest absolute Gasteiger partial charge is 0.496 e. The van der Waals surface area contributed by atoms with Crippen molar-refractivity contribution in [2.45, 2.75) is 25.7 Å². The molecule has 2 fully saturated rings. The van der Waals surface area contributed by atoms with E-state index in [0.29, 0.717) is 62.0 Å². The monoisotopic (exact) mass is 415 g/mol. The van der Waals surface area contributed by atoms with Crippen LogP contribution in [0.5, 0.6) is 5.75 Å². The van der Waals surface area contributed by atoms with Gasteiger partial charge in [-0.15, -0.1) is 0 Å². The third-order valence-electron chi connectivity index (χ3n) is 5.10. The maximum Gasteiger partial charge on any atom is 0.282 e. The van der Waals surface area contributed by atoms with Crippen LogP contribution in [0.4, 0.5) is 0 Å². The Morgan fingerprint density at radius 1 is 0.963 bits per heavy atom. The second-order valence-electron chi connectivity index (χ2n) is 6.86. The molecule has 1 aromatic carbocycles. The molecule has 0 N–H and O–H groups in total. The highest BCUT2D eigenvalue weighted by Crippen LogP contribution is 2.25. The van der Waals surface area contributed by atoms with Gasteiger partial charge in [-0.2, -0.15) is 17.0 Å². The molecule has 0 saturated carbocycles. The van der Waals surface area contributed by atoms with Gasteiger partial charge in [0, 0.05) is 44.3 Å². The molecule has 2 heterocycles. The fourth-order valence-corrected chi connectivity index (χ4v) is 5.49. The molecule has 2 aliphatic rings. The number of rotatable bonds is 4. The lowest BCUT2D eigenvalue weighted by atomic mass is 10.1.